The summed E-state index contributed by atoms with van der Waals surface area (Å²) < 4.78 is 12.9. The van der Waals surface area contributed by atoms with Gasteiger partial charge in [0.1, 0.15) is 5.82 Å². The molecular formula is C15H23FN2. The largest absolute Gasteiger partial charge is 0.309 e. The molecule has 2 nitrogen and oxygen atoms in total. The molecule has 3 heteroatoms. The first kappa shape index (κ1) is 13.5. The Morgan fingerprint density at radius 3 is 2.67 bits per heavy atom. The van der Waals surface area contributed by atoms with Crippen LogP contribution in [0.1, 0.15) is 32.8 Å². The Morgan fingerprint density at radius 1 is 1.39 bits per heavy atom. The topological polar surface area (TPSA) is 15.3 Å². The van der Waals surface area contributed by atoms with E-state index in [0.717, 1.165) is 26.1 Å². The van der Waals surface area contributed by atoms with E-state index in [1.54, 1.807) is 12.1 Å². The molecule has 2 atom stereocenters. The maximum Gasteiger partial charge on any atom is 0.123 e. The molecule has 0 radical (unpaired) electrons. The lowest BCUT2D eigenvalue weighted by molar-refractivity contribution is 0.0866. The van der Waals surface area contributed by atoms with E-state index in [1.165, 1.54) is 5.56 Å². The van der Waals surface area contributed by atoms with Crippen LogP contribution >= 0.6 is 0 Å². The van der Waals surface area contributed by atoms with Gasteiger partial charge in [0.2, 0.25) is 0 Å². The number of hydrogen-bond donors (Lipinski definition) is 1. The third kappa shape index (κ3) is 3.09. The Hall–Kier alpha value is -0.930. The molecule has 1 fully saturated rings. The molecule has 0 aromatic heterocycles. The van der Waals surface area contributed by atoms with Crippen molar-refractivity contribution in [3.8, 4) is 0 Å². The second-order valence-electron chi connectivity index (χ2n) is 5.68. The zero-order chi connectivity index (χ0) is 13.2. The minimum atomic E-state index is -0.162. The van der Waals surface area contributed by atoms with Crippen molar-refractivity contribution in [1.29, 1.82) is 0 Å². The fraction of sp³-hybridized carbons (Fsp3) is 0.600. The summed E-state index contributed by atoms with van der Waals surface area (Å²) in [6.45, 7) is 9.70. The Balaban J connectivity index is 2.04. The first-order chi connectivity index (χ1) is 8.52. The number of hydrogen-bond acceptors (Lipinski definition) is 2. The van der Waals surface area contributed by atoms with Crippen molar-refractivity contribution in [3.05, 3.63) is 35.6 Å². The van der Waals surface area contributed by atoms with Gasteiger partial charge in [-0.15, -0.1) is 0 Å². The Bertz CT molecular complexity index is 390. The third-order valence-corrected chi connectivity index (χ3v) is 4.08. The van der Waals surface area contributed by atoms with Crippen LogP contribution in [0.15, 0.2) is 24.3 Å². The van der Waals surface area contributed by atoms with Gasteiger partial charge in [-0.3, -0.25) is 4.90 Å². The summed E-state index contributed by atoms with van der Waals surface area (Å²) in [5.41, 5.74) is 1.38. The highest BCUT2D eigenvalue weighted by molar-refractivity contribution is 5.16. The Labute approximate surface area is 109 Å². The number of nitrogens with zero attached hydrogens (tertiary/aromatic N) is 1. The second kappa shape index (κ2) is 5.37. The summed E-state index contributed by atoms with van der Waals surface area (Å²) in [5, 5.41) is 3.62. The molecule has 1 aliphatic heterocycles. The zero-order valence-corrected chi connectivity index (χ0v) is 11.5. The van der Waals surface area contributed by atoms with E-state index >= 15 is 0 Å². The molecule has 0 spiro atoms. The second-order valence-corrected chi connectivity index (χ2v) is 5.68. The van der Waals surface area contributed by atoms with Gasteiger partial charge in [0, 0.05) is 31.2 Å². The SMILES string of the molecule is CCC1(C)CN(Cc2ccc(F)cc2)C(C)CN1. The smallest absolute Gasteiger partial charge is 0.123 e. The van der Waals surface area contributed by atoms with Crippen molar-refractivity contribution in [2.75, 3.05) is 13.1 Å². The van der Waals surface area contributed by atoms with Gasteiger partial charge >= 0.3 is 0 Å². The van der Waals surface area contributed by atoms with Crippen LogP contribution in [0, 0.1) is 5.82 Å². The van der Waals surface area contributed by atoms with E-state index < -0.39 is 0 Å². The average Bonchev–Trinajstić information content (AvgIpc) is 2.37. The summed E-state index contributed by atoms with van der Waals surface area (Å²) in [4.78, 5) is 2.48. The minimum absolute atomic E-state index is 0.162. The first-order valence-electron chi connectivity index (χ1n) is 6.76. The highest BCUT2D eigenvalue weighted by Gasteiger charge is 2.32. The number of halogens is 1. The van der Waals surface area contributed by atoms with E-state index in [2.05, 4.69) is 31.0 Å². The molecule has 2 unspecified atom stereocenters. The average molecular weight is 250 g/mol. The van der Waals surface area contributed by atoms with Crippen molar-refractivity contribution in [3.63, 3.8) is 0 Å². The van der Waals surface area contributed by atoms with Crippen molar-refractivity contribution >= 4 is 0 Å². The van der Waals surface area contributed by atoms with Gasteiger partial charge in [-0.05, 0) is 38.0 Å². The van der Waals surface area contributed by atoms with Crippen LogP contribution in [0.3, 0.4) is 0 Å². The standard InChI is InChI=1S/C15H23FN2/c1-4-15(3)11-18(12(2)9-17-15)10-13-5-7-14(16)8-6-13/h5-8,12,17H,4,9-11H2,1-3H3. The van der Waals surface area contributed by atoms with Crippen molar-refractivity contribution in [2.24, 2.45) is 0 Å². The highest BCUT2D eigenvalue weighted by atomic mass is 19.1. The summed E-state index contributed by atoms with van der Waals surface area (Å²) in [5.74, 6) is -0.162. The van der Waals surface area contributed by atoms with Gasteiger partial charge in [0.25, 0.3) is 0 Å². The molecule has 1 aromatic carbocycles. The Kier molecular flexibility index (Phi) is 4.03. The monoisotopic (exact) mass is 250 g/mol. The van der Waals surface area contributed by atoms with Crippen molar-refractivity contribution < 1.29 is 4.39 Å². The molecule has 0 aliphatic carbocycles. The van der Waals surface area contributed by atoms with Crippen LogP contribution in [-0.2, 0) is 6.54 Å². The van der Waals surface area contributed by atoms with Crippen molar-refractivity contribution in [2.45, 2.75) is 45.3 Å². The predicted octanol–water partition coefficient (Wildman–Crippen LogP) is 2.79. The lowest BCUT2D eigenvalue weighted by Crippen LogP contribution is -2.61. The van der Waals surface area contributed by atoms with Crippen LogP contribution < -0.4 is 5.32 Å². The lowest BCUT2D eigenvalue weighted by atomic mass is 9.93. The van der Waals surface area contributed by atoms with Crippen LogP contribution in [0.2, 0.25) is 0 Å². The normalized spacial score (nSPS) is 29.4. The first-order valence-corrected chi connectivity index (χ1v) is 6.76. The molecule has 1 saturated heterocycles. The molecule has 1 aromatic rings. The highest BCUT2D eigenvalue weighted by Crippen LogP contribution is 2.20. The molecule has 100 valence electrons. The van der Waals surface area contributed by atoms with E-state index in [9.17, 15) is 4.39 Å². The maximum absolute atomic E-state index is 12.9. The number of benzene rings is 1. The van der Waals surface area contributed by atoms with E-state index in [-0.39, 0.29) is 11.4 Å². The van der Waals surface area contributed by atoms with Gasteiger partial charge < -0.3 is 5.32 Å². The molecule has 2 rings (SSSR count). The lowest BCUT2D eigenvalue weighted by Gasteiger charge is -2.45. The van der Waals surface area contributed by atoms with Crippen LogP contribution in [0.4, 0.5) is 4.39 Å². The van der Waals surface area contributed by atoms with Gasteiger partial charge in [-0.1, -0.05) is 19.1 Å². The molecule has 1 heterocycles. The van der Waals surface area contributed by atoms with Crippen LogP contribution in [-0.4, -0.2) is 29.6 Å². The number of piperazine rings is 1. The fourth-order valence-corrected chi connectivity index (χ4v) is 2.46. The fourth-order valence-electron chi connectivity index (χ4n) is 2.46. The third-order valence-electron chi connectivity index (χ3n) is 4.08. The summed E-state index contributed by atoms with van der Waals surface area (Å²) in [6, 6.07) is 7.37. The molecule has 0 bridgehead atoms. The Morgan fingerprint density at radius 2 is 2.06 bits per heavy atom. The zero-order valence-electron chi connectivity index (χ0n) is 11.5. The molecule has 1 aliphatic rings. The molecule has 18 heavy (non-hydrogen) atoms. The summed E-state index contributed by atoms with van der Waals surface area (Å²) in [7, 11) is 0. The minimum Gasteiger partial charge on any atom is -0.309 e. The number of rotatable bonds is 3. The quantitative estimate of drug-likeness (QED) is 0.887. The maximum atomic E-state index is 12.9. The molecular weight excluding hydrogens is 227 g/mol. The number of nitrogens with one attached hydrogen (secondary N) is 1. The molecule has 0 amide bonds. The van der Waals surface area contributed by atoms with Gasteiger partial charge in [-0.2, -0.15) is 0 Å². The van der Waals surface area contributed by atoms with E-state index in [1.807, 2.05) is 12.1 Å². The molecule has 1 N–H and O–H groups in total. The predicted molar refractivity (Wildman–Crippen MR) is 73.0 cm³/mol. The van der Waals surface area contributed by atoms with Crippen LogP contribution in [0.25, 0.3) is 0 Å². The van der Waals surface area contributed by atoms with Gasteiger partial charge in [0.05, 0.1) is 0 Å². The van der Waals surface area contributed by atoms with E-state index in [4.69, 9.17) is 0 Å². The van der Waals surface area contributed by atoms with Crippen LogP contribution in [0.5, 0.6) is 0 Å². The van der Waals surface area contributed by atoms with Crippen molar-refractivity contribution in [1.82, 2.24) is 10.2 Å². The van der Waals surface area contributed by atoms with Gasteiger partial charge in [0.15, 0.2) is 0 Å². The molecule has 0 saturated carbocycles. The summed E-state index contributed by atoms with van der Waals surface area (Å²) in [6.07, 6.45) is 1.12. The van der Waals surface area contributed by atoms with E-state index in [0.29, 0.717) is 6.04 Å². The van der Waals surface area contributed by atoms with Gasteiger partial charge in [-0.25, -0.2) is 4.39 Å². The summed E-state index contributed by atoms with van der Waals surface area (Å²) >= 11 is 0.